The van der Waals surface area contributed by atoms with Gasteiger partial charge in [-0.2, -0.15) is 10.1 Å². The van der Waals surface area contributed by atoms with Crippen LogP contribution in [0.2, 0.25) is 0 Å². The number of primary amides is 1. The van der Waals surface area contributed by atoms with Crippen molar-refractivity contribution in [2.75, 3.05) is 25.1 Å². The van der Waals surface area contributed by atoms with Crippen LogP contribution in [-0.2, 0) is 18.3 Å². The zero-order chi connectivity index (χ0) is 25.4. The summed E-state index contributed by atoms with van der Waals surface area (Å²) in [5.74, 6) is -0.0631. The topological polar surface area (TPSA) is 150 Å². The molecule has 190 valence electrons. The van der Waals surface area contributed by atoms with Gasteiger partial charge in [0.2, 0.25) is 11.8 Å². The normalized spacial score (nSPS) is 19.9. The lowest BCUT2D eigenvalue weighted by atomic mass is 9.91. The predicted molar refractivity (Wildman–Crippen MR) is 133 cm³/mol. The molecular formula is C25H27N9O3. The molecule has 12 nitrogen and oxygen atoms in total. The predicted octanol–water partition coefficient (Wildman–Crippen LogP) is 2.23. The second kappa shape index (κ2) is 9.71. The molecule has 6 rings (SSSR count). The maximum absolute atomic E-state index is 11.6. The maximum atomic E-state index is 11.6. The molecule has 0 unspecified atom stereocenters. The van der Waals surface area contributed by atoms with Gasteiger partial charge < -0.3 is 20.3 Å². The van der Waals surface area contributed by atoms with Gasteiger partial charge >= 0.3 is 0 Å². The highest BCUT2D eigenvalue weighted by molar-refractivity contribution is 5.88. The van der Waals surface area contributed by atoms with Crippen LogP contribution < -0.4 is 11.1 Å². The Kier molecular flexibility index (Phi) is 6.10. The second-order valence-corrected chi connectivity index (χ2v) is 9.36. The summed E-state index contributed by atoms with van der Waals surface area (Å²) in [5.41, 5.74) is 10.2. The van der Waals surface area contributed by atoms with E-state index in [4.69, 9.17) is 20.0 Å². The van der Waals surface area contributed by atoms with Crippen molar-refractivity contribution in [3.05, 3.63) is 65.7 Å². The molecule has 2 aliphatic rings. The van der Waals surface area contributed by atoms with Crippen LogP contribution in [-0.4, -0.2) is 66.5 Å². The summed E-state index contributed by atoms with van der Waals surface area (Å²) in [6.07, 6.45) is 7.10. The van der Waals surface area contributed by atoms with Gasteiger partial charge in [-0.1, -0.05) is 17.3 Å². The first-order valence-electron chi connectivity index (χ1n) is 12.2. The van der Waals surface area contributed by atoms with E-state index in [2.05, 4.69) is 42.6 Å². The summed E-state index contributed by atoms with van der Waals surface area (Å²) < 4.78 is 12.9. The Morgan fingerprint density at radius 2 is 2.14 bits per heavy atom. The molecule has 0 saturated carbocycles. The van der Waals surface area contributed by atoms with E-state index in [-0.39, 0.29) is 11.7 Å². The van der Waals surface area contributed by atoms with Crippen LogP contribution in [0.1, 0.15) is 46.4 Å². The number of rotatable bonds is 6. The van der Waals surface area contributed by atoms with Crippen molar-refractivity contribution >= 4 is 17.5 Å². The molecule has 3 N–H and O–H groups in total. The number of amides is 1. The second-order valence-electron chi connectivity index (χ2n) is 9.36. The van der Waals surface area contributed by atoms with E-state index in [1.807, 2.05) is 25.4 Å². The number of anilines is 2. The van der Waals surface area contributed by atoms with Gasteiger partial charge in [0.1, 0.15) is 0 Å². The number of ether oxygens (including phenoxy) is 1. The third-order valence-electron chi connectivity index (χ3n) is 6.89. The lowest BCUT2D eigenvalue weighted by Crippen LogP contribution is -2.35. The van der Waals surface area contributed by atoms with Gasteiger partial charge in [-0.25, -0.2) is 9.97 Å². The Morgan fingerprint density at radius 1 is 1.22 bits per heavy atom. The largest absolute Gasteiger partial charge is 0.380 e. The van der Waals surface area contributed by atoms with Gasteiger partial charge in [-0.15, -0.1) is 0 Å². The molecule has 1 saturated heterocycles. The fourth-order valence-electron chi connectivity index (χ4n) is 5.04. The standard InChI is InChI=1S/C25H27N9O3/c1-33-13-17(11-28-33)29-25-27-7-4-21(30-25)15-2-3-19-16(10-15)12-34(18-6-9-36-14-18)8-5-20(19)24-31-23(22(26)35)32-37-24/h2-4,7,10-11,13,18,20H,5-6,8-9,12,14H2,1H3,(H2,26,35)(H,27,29,30)/t18-,20+/m0/s1. The molecule has 0 radical (unpaired) electrons. The highest BCUT2D eigenvalue weighted by Crippen LogP contribution is 2.36. The fourth-order valence-corrected chi connectivity index (χ4v) is 5.04. The number of fused-ring (bicyclic) bond motifs is 1. The Morgan fingerprint density at radius 3 is 2.89 bits per heavy atom. The molecule has 0 aliphatic carbocycles. The van der Waals surface area contributed by atoms with Gasteiger partial charge in [0.05, 0.1) is 30.1 Å². The number of benzene rings is 1. The third-order valence-corrected chi connectivity index (χ3v) is 6.89. The molecule has 2 atom stereocenters. The number of nitrogens with zero attached hydrogens (tertiary/aromatic N) is 7. The Bertz CT molecular complexity index is 1430. The van der Waals surface area contributed by atoms with Crippen molar-refractivity contribution in [1.29, 1.82) is 0 Å². The van der Waals surface area contributed by atoms with Crippen molar-refractivity contribution < 1.29 is 14.1 Å². The lowest BCUT2D eigenvalue weighted by Gasteiger charge is -2.26. The number of aryl methyl sites for hydroxylation is 1. The molecule has 0 spiro atoms. The molecular weight excluding hydrogens is 474 g/mol. The molecule has 2 aliphatic heterocycles. The number of aromatic nitrogens is 6. The van der Waals surface area contributed by atoms with Gasteiger partial charge in [-0.3, -0.25) is 14.4 Å². The number of nitrogens with one attached hydrogen (secondary N) is 1. The van der Waals surface area contributed by atoms with E-state index in [0.29, 0.717) is 17.9 Å². The maximum Gasteiger partial charge on any atom is 0.290 e. The fraction of sp³-hybridized carbons (Fsp3) is 0.360. The Labute approximate surface area is 212 Å². The van der Waals surface area contributed by atoms with E-state index in [9.17, 15) is 4.79 Å². The number of nitrogens with two attached hydrogens (primary N) is 1. The molecule has 0 bridgehead atoms. The Hall–Kier alpha value is -4.16. The van der Waals surface area contributed by atoms with Crippen LogP contribution in [0.3, 0.4) is 0 Å². The van der Waals surface area contributed by atoms with Crippen molar-refractivity contribution in [2.24, 2.45) is 12.8 Å². The van der Waals surface area contributed by atoms with E-state index in [1.54, 1.807) is 17.1 Å². The van der Waals surface area contributed by atoms with Gasteiger partial charge in [0.15, 0.2) is 0 Å². The van der Waals surface area contributed by atoms with Crippen LogP contribution in [0, 0.1) is 0 Å². The summed E-state index contributed by atoms with van der Waals surface area (Å²) in [6.45, 7) is 3.10. The quantitative estimate of drug-likeness (QED) is 0.402. The highest BCUT2D eigenvalue weighted by Gasteiger charge is 2.32. The monoisotopic (exact) mass is 501 g/mol. The smallest absolute Gasteiger partial charge is 0.290 e. The summed E-state index contributed by atoms with van der Waals surface area (Å²) in [7, 11) is 1.86. The van der Waals surface area contributed by atoms with Crippen molar-refractivity contribution in [3.63, 3.8) is 0 Å². The highest BCUT2D eigenvalue weighted by atomic mass is 16.5. The molecule has 4 aromatic rings. The third kappa shape index (κ3) is 4.80. The van der Waals surface area contributed by atoms with Gasteiger partial charge in [0, 0.05) is 44.2 Å². The van der Waals surface area contributed by atoms with E-state index >= 15 is 0 Å². The van der Waals surface area contributed by atoms with E-state index in [1.165, 1.54) is 0 Å². The summed E-state index contributed by atoms with van der Waals surface area (Å²) >= 11 is 0. The molecule has 5 heterocycles. The number of carbonyl (C=O) groups is 1. The summed E-state index contributed by atoms with van der Waals surface area (Å²) in [6, 6.07) is 8.55. The van der Waals surface area contributed by atoms with Crippen molar-refractivity contribution in [1.82, 2.24) is 34.8 Å². The molecule has 12 heteroatoms. The number of carbonyl (C=O) groups excluding carboxylic acids is 1. The molecule has 1 aromatic carbocycles. The SMILES string of the molecule is Cn1cc(Nc2nccc(-c3ccc4c(c3)CN([C@H]3CCOC3)CC[C@H]4c3nc(C(N)=O)no3)n2)cn1. The average molecular weight is 502 g/mol. The zero-order valence-corrected chi connectivity index (χ0v) is 20.4. The van der Waals surface area contributed by atoms with Crippen LogP contribution in [0.25, 0.3) is 11.3 Å². The average Bonchev–Trinajstić information content (AvgIpc) is 3.65. The van der Waals surface area contributed by atoms with Crippen LogP contribution in [0.4, 0.5) is 11.6 Å². The van der Waals surface area contributed by atoms with Crippen LogP contribution >= 0.6 is 0 Å². The lowest BCUT2D eigenvalue weighted by molar-refractivity contribution is 0.0987. The number of hydrogen-bond donors (Lipinski definition) is 2. The summed E-state index contributed by atoms with van der Waals surface area (Å²) in [5, 5.41) is 11.2. The minimum absolute atomic E-state index is 0.104. The first kappa shape index (κ1) is 23.3. The number of hydrogen-bond acceptors (Lipinski definition) is 10. The van der Waals surface area contributed by atoms with E-state index < -0.39 is 5.91 Å². The zero-order valence-electron chi connectivity index (χ0n) is 20.4. The van der Waals surface area contributed by atoms with Crippen molar-refractivity contribution in [2.45, 2.75) is 31.3 Å². The first-order chi connectivity index (χ1) is 18.0. The molecule has 3 aromatic heterocycles. The van der Waals surface area contributed by atoms with Crippen LogP contribution in [0.15, 0.2) is 47.4 Å². The van der Waals surface area contributed by atoms with Gasteiger partial charge in [0.25, 0.3) is 11.7 Å². The molecule has 37 heavy (non-hydrogen) atoms. The molecule has 1 amide bonds. The molecule has 1 fully saturated rings. The van der Waals surface area contributed by atoms with Gasteiger partial charge in [-0.05, 0) is 42.6 Å². The van der Waals surface area contributed by atoms with Crippen molar-refractivity contribution in [3.8, 4) is 11.3 Å². The minimum atomic E-state index is -0.705. The van der Waals surface area contributed by atoms with Crippen LogP contribution in [0.5, 0.6) is 0 Å². The first-order valence-corrected chi connectivity index (χ1v) is 12.2. The van der Waals surface area contributed by atoms with E-state index in [0.717, 1.165) is 67.2 Å². The summed E-state index contributed by atoms with van der Waals surface area (Å²) in [4.78, 5) is 27.4. The Balaban J connectivity index is 1.35. The minimum Gasteiger partial charge on any atom is -0.380 e.